The Hall–Kier alpha value is -2.08. The van der Waals surface area contributed by atoms with Crippen LogP contribution in [0.25, 0.3) is 0 Å². The van der Waals surface area contributed by atoms with E-state index in [0.717, 1.165) is 38.5 Å². The Labute approximate surface area is 158 Å². The average molecular weight is 375 g/mol. The molecule has 138 valence electrons. The van der Waals surface area contributed by atoms with Crippen molar-refractivity contribution >= 4 is 23.2 Å². The Morgan fingerprint density at radius 2 is 1.81 bits per heavy atom. The second-order valence-electron chi connectivity index (χ2n) is 6.29. The van der Waals surface area contributed by atoms with E-state index < -0.39 is 6.10 Å². The van der Waals surface area contributed by atoms with Crippen molar-refractivity contribution in [2.45, 2.75) is 19.6 Å². The van der Waals surface area contributed by atoms with Gasteiger partial charge in [0.2, 0.25) is 0 Å². The van der Waals surface area contributed by atoms with Crippen LogP contribution in [-0.4, -0.2) is 43.2 Å². The molecule has 0 saturated carbocycles. The number of ether oxygens (including phenoxy) is 2. The summed E-state index contributed by atoms with van der Waals surface area (Å²) in [6.07, 6.45) is -0.607. The lowest BCUT2D eigenvalue weighted by Crippen LogP contribution is -2.35. The molecule has 2 aromatic rings. The molecule has 1 heterocycles. The van der Waals surface area contributed by atoms with Crippen molar-refractivity contribution in [3.8, 4) is 5.75 Å². The molecule has 1 unspecified atom stereocenters. The van der Waals surface area contributed by atoms with Crippen LogP contribution in [0.3, 0.4) is 0 Å². The first-order valence-electron chi connectivity index (χ1n) is 8.72. The Balaban J connectivity index is 1.50. The third-order valence-electron chi connectivity index (χ3n) is 4.23. The van der Waals surface area contributed by atoms with Gasteiger partial charge in [-0.15, -0.1) is 0 Å². The Morgan fingerprint density at radius 1 is 1.15 bits per heavy atom. The summed E-state index contributed by atoms with van der Waals surface area (Å²) in [4.78, 5) is 14.7. The molecule has 0 aromatic heterocycles. The SMILES string of the molecule is CC(Oc1ccc(Cl)cc1)C(=O)Nc1ccc(CN2CCOCC2)cc1. The van der Waals surface area contributed by atoms with Crippen molar-refractivity contribution in [3.05, 3.63) is 59.1 Å². The van der Waals surface area contributed by atoms with Crippen molar-refractivity contribution in [2.24, 2.45) is 0 Å². The second kappa shape index (κ2) is 9.03. The highest BCUT2D eigenvalue weighted by atomic mass is 35.5. The van der Waals surface area contributed by atoms with Gasteiger partial charge in [0.15, 0.2) is 6.10 Å². The van der Waals surface area contributed by atoms with Crippen molar-refractivity contribution in [2.75, 3.05) is 31.6 Å². The summed E-state index contributed by atoms with van der Waals surface area (Å²) in [6, 6.07) is 14.9. The van der Waals surface area contributed by atoms with Crippen LogP contribution in [0.2, 0.25) is 5.02 Å². The lowest BCUT2D eigenvalue weighted by Gasteiger charge is -2.26. The number of nitrogens with one attached hydrogen (secondary N) is 1. The number of hydrogen-bond acceptors (Lipinski definition) is 4. The molecule has 2 aromatic carbocycles. The van der Waals surface area contributed by atoms with Gasteiger partial charge in [0.1, 0.15) is 5.75 Å². The monoisotopic (exact) mass is 374 g/mol. The smallest absolute Gasteiger partial charge is 0.265 e. The fraction of sp³-hybridized carbons (Fsp3) is 0.350. The summed E-state index contributed by atoms with van der Waals surface area (Å²) in [5.74, 6) is 0.416. The largest absolute Gasteiger partial charge is 0.481 e. The minimum atomic E-state index is -0.607. The predicted octanol–water partition coefficient (Wildman–Crippen LogP) is 3.58. The van der Waals surface area contributed by atoms with E-state index in [-0.39, 0.29) is 5.91 Å². The van der Waals surface area contributed by atoms with E-state index in [9.17, 15) is 4.79 Å². The zero-order valence-corrected chi connectivity index (χ0v) is 15.5. The van der Waals surface area contributed by atoms with E-state index in [4.69, 9.17) is 21.1 Å². The van der Waals surface area contributed by atoms with Gasteiger partial charge >= 0.3 is 0 Å². The van der Waals surface area contributed by atoms with Gasteiger partial charge in [0.25, 0.3) is 5.91 Å². The lowest BCUT2D eigenvalue weighted by atomic mass is 10.2. The maximum absolute atomic E-state index is 12.3. The number of morpholine rings is 1. The molecule has 6 heteroatoms. The molecule has 1 saturated heterocycles. The first-order valence-corrected chi connectivity index (χ1v) is 9.10. The topological polar surface area (TPSA) is 50.8 Å². The molecule has 1 amide bonds. The molecule has 1 fully saturated rings. The second-order valence-corrected chi connectivity index (χ2v) is 6.73. The number of carbonyl (C=O) groups excluding carboxylic acids is 1. The van der Waals surface area contributed by atoms with Crippen LogP contribution in [0.15, 0.2) is 48.5 Å². The standard InChI is InChI=1S/C20H23ClN2O3/c1-15(26-19-8-4-17(21)5-9-19)20(24)22-18-6-2-16(3-7-18)14-23-10-12-25-13-11-23/h2-9,15H,10-14H2,1H3,(H,22,24). The van der Waals surface area contributed by atoms with Crippen molar-refractivity contribution in [1.82, 2.24) is 4.90 Å². The van der Waals surface area contributed by atoms with Crippen LogP contribution >= 0.6 is 11.6 Å². The highest BCUT2D eigenvalue weighted by molar-refractivity contribution is 6.30. The lowest BCUT2D eigenvalue weighted by molar-refractivity contribution is -0.122. The van der Waals surface area contributed by atoms with E-state index in [1.807, 2.05) is 24.3 Å². The van der Waals surface area contributed by atoms with Crippen LogP contribution in [0.4, 0.5) is 5.69 Å². The Kier molecular flexibility index (Phi) is 6.50. The van der Waals surface area contributed by atoms with Gasteiger partial charge in [-0.25, -0.2) is 0 Å². The zero-order valence-electron chi connectivity index (χ0n) is 14.8. The Morgan fingerprint density at radius 3 is 2.46 bits per heavy atom. The summed E-state index contributed by atoms with van der Waals surface area (Å²) in [7, 11) is 0. The molecule has 1 aliphatic heterocycles. The summed E-state index contributed by atoms with van der Waals surface area (Å²) in [6.45, 7) is 6.11. The van der Waals surface area contributed by atoms with Crippen molar-refractivity contribution in [3.63, 3.8) is 0 Å². The molecule has 0 radical (unpaired) electrons. The third kappa shape index (κ3) is 5.46. The van der Waals surface area contributed by atoms with Gasteiger partial charge in [-0.05, 0) is 48.9 Å². The normalized spacial score (nSPS) is 16.1. The van der Waals surface area contributed by atoms with Gasteiger partial charge in [0.05, 0.1) is 13.2 Å². The quantitative estimate of drug-likeness (QED) is 0.839. The molecule has 0 spiro atoms. The molecule has 3 rings (SSSR count). The minimum Gasteiger partial charge on any atom is -0.481 e. The summed E-state index contributed by atoms with van der Waals surface area (Å²) < 4.78 is 11.0. The molecule has 5 nitrogen and oxygen atoms in total. The van der Waals surface area contributed by atoms with Crippen molar-refractivity contribution in [1.29, 1.82) is 0 Å². The zero-order chi connectivity index (χ0) is 18.4. The van der Waals surface area contributed by atoms with Gasteiger partial charge in [-0.1, -0.05) is 23.7 Å². The number of hydrogen-bond donors (Lipinski definition) is 1. The van der Waals surface area contributed by atoms with Crippen LogP contribution in [0.1, 0.15) is 12.5 Å². The molecular weight excluding hydrogens is 352 g/mol. The summed E-state index contributed by atoms with van der Waals surface area (Å²) >= 11 is 5.85. The molecule has 1 atom stereocenters. The first kappa shape index (κ1) is 18.7. The van der Waals surface area contributed by atoms with E-state index >= 15 is 0 Å². The number of halogens is 1. The highest BCUT2D eigenvalue weighted by Crippen LogP contribution is 2.18. The number of anilines is 1. The van der Waals surface area contributed by atoms with E-state index in [1.165, 1.54) is 5.56 Å². The van der Waals surface area contributed by atoms with E-state index in [0.29, 0.717) is 10.8 Å². The predicted molar refractivity (Wildman–Crippen MR) is 103 cm³/mol. The van der Waals surface area contributed by atoms with Gasteiger partial charge in [-0.3, -0.25) is 9.69 Å². The summed E-state index contributed by atoms with van der Waals surface area (Å²) in [5.41, 5.74) is 1.97. The summed E-state index contributed by atoms with van der Waals surface area (Å²) in [5, 5.41) is 3.51. The molecule has 26 heavy (non-hydrogen) atoms. The number of rotatable bonds is 6. The first-order chi connectivity index (χ1) is 12.6. The van der Waals surface area contributed by atoms with E-state index in [1.54, 1.807) is 31.2 Å². The maximum Gasteiger partial charge on any atom is 0.265 e. The number of carbonyl (C=O) groups is 1. The molecule has 0 aliphatic carbocycles. The fourth-order valence-corrected chi connectivity index (χ4v) is 2.85. The molecule has 0 bridgehead atoms. The fourth-order valence-electron chi connectivity index (χ4n) is 2.73. The highest BCUT2D eigenvalue weighted by Gasteiger charge is 2.15. The van der Waals surface area contributed by atoms with Crippen LogP contribution < -0.4 is 10.1 Å². The van der Waals surface area contributed by atoms with Crippen LogP contribution in [0, 0.1) is 0 Å². The molecular formula is C20H23ClN2O3. The average Bonchev–Trinajstić information content (AvgIpc) is 2.66. The number of amides is 1. The van der Waals surface area contributed by atoms with Gasteiger partial charge in [-0.2, -0.15) is 0 Å². The maximum atomic E-state index is 12.3. The number of nitrogens with zero attached hydrogens (tertiary/aromatic N) is 1. The van der Waals surface area contributed by atoms with Gasteiger partial charge in [0, 0.05) is 30.3 Å². The van der Waals surface area contributed by atoms with Crippen LogP contribution in [0.5, 0.6) is 5.75 Å². The van der Waals surface area contributed by atoms with Gasteiger partial charge < -0.3 is 14.8 Å². The van der Waals surface area contributed by atoms with Crippen molar-refractivity contribution < 1.29 is 14.3 Å². The minimum absolute atomic E-state index is 0.194. The molecule has 1 N–H and O–H groups in total. The Bertz CT molecular complexity index is 713. The third-order valence-corrected chi connectivity index (χ3v) is 4.48. The molecule has 1 aliphatic rings. The number of benzene rings is 2. The van der Waals surface area contributed by atoms with Crippen LogP contribution in [-0.2, 0) is 16.1 Å². The van der Waals surface area contributed by atoms with E-state index in [2.05, 4.69) is 10.2 Å².